The Balaban J connectivity index is 1.35. The molecule has 0 radical (unpaired) electrons. The summed E-state index contributed by atoms with van der Waals surface area (Å²) in [7, 11) is 0. The minimum absolute atomic E-state index is 0.220. The van der Waals surface area contributed by atoms with Gasteiger partial charge in [-0.25, -0.2) is 9.07 Å². The summed E-state index contributed by atoms with van der Waals surface area (Å²) < 4.78 is 15.2. The number of benzene rings is 3. The van der Waals surface area contributed by atoms with E-state index >= 15 is 0 Å². The van der Waals surface area contributed by atoms with Gasteiger partial charge in [0, 0.05) is 37.6 Å². The summed E-state index contributed by atoms with van der Waals surface area (Å²) in [6.07, 6.45) is 1.81. The zero-order valence-electron chi connectivity index (χ0n) is 19.0. The van der Waals surface area contributed by atoms with Gasteiger partial charge in [0.2, 0.25) is 5.95 Å². The van der Waals surface area contributed by atoms with Crippen molar-refractivity contribution >= 4 is 34.2 Å². The maximum atomic E-state index is 13.3. The molecule has 5 aromatic rings. The van der Waals surface area contributed by atoms with Gasteiger partial charge in [0.1, 0.15) is 11.6 Å². The van der Waals surface area contributed by atoms with E-state index in [1.54, 1.807) is 0 Å². The van der Waals surface area contributed by atoms with Crippen LogP contribution in [0.15, 0.2) is 91.1 Å². The number of hydrogen-bond acceptors (Lipinski definition) is 6. The number of piperazine rings is 1. The van der Waals surface area contributed by atoms with Crippen LogP contribution in [0.5, 0.6) is 0 Å². The third kappa shape index (κ3) is 4.26. The van der Waals surface area contributed by atoms with Gasteiger partial charge >= 0.3 is 0 Å². The zero-order valence-corrected chi connectivity index (χ0v) is 19.0. The quantitative estimate of drug-likeness (QED) is 0.393. The van der Waals surface area contributed by atoms with E-state index in [9.17, 15) is 4.39 Å². The summed E-state index contributed by atoms with van der Waals surface area (Å²) in [5.41, 5.74) is 3.67. The monoisotopic (exact) mass is 465 g/mol. The highest BCUT2D eigenvalue weighted by Gasteiger charge is 2.22. The first kappa shape index (κ1) is 21.1. The largest absolute Gasteiger partial charge is 0.368 e. The van der Waals surface area contributed by atoms with Gasteiger partial charge in [-0.05, 0) is 48.5 Å². The molecule has 0 aliphatic carbocycles. The predicted octanol–water partition coefficient (Wildman–Crippen LogP) is 5.02. The minimum Gasteiger partial charge on any atom is -0.368 e. The molecule has 0 unspecified atom stereocenters. The maximum Gasteiger partial charge on any atom is 0.229 e. The van der Waals surface area contributed by atoms with E-state index in [0.29, 0.717) is 5.95 Å². The summed E-state index contributed by atoms with van der Waals surface area (Å²) in [5, 5.41) is 8.94. The van der Waals surface area contributed by atoms with Crippen LogP contribution in [-0.4, -0.2) is 45.9 Å². The molecule has 1 fully saturated rings. The molecule has 0 spiro atoms. The van der Waals surface area contributed by atoms with Crippen molar-refractivity contribution in [3.63, 3.8) is 0 Å². The van der Waals surface area contributed by atoms with Crippen molar-refractivity contribution in [2.24, 2.45) is 0 Å². The first-order valence-corrected chi connectivity index (χ1v) is 11.6. The summed E-state index contributed by atoms with van der Waals surface area (Å²) in [6, 6.07) is 26.6. The Hall–Kier alpha value is -4.46. The average molecular weight is 466 g/mol. The fourth-order valence-corrected chi connectivity index (χ4v) is 4.37. The van der Waals surface area contributed by atoms with E-state index in [4.69, 9.17) is 9.97 Å². The van der Waals surface area contributed by atoms with Gasteiger partial charge in [-0.15, -0.1) is 0 Å². The van der Waals surface area contributed by atoms with E-state index < -0.39 is 0 Å². The molecule has 2 aromatic heterocycles. The Morgan fingerprint density at radius 1 is 0.686 bits per heavy atom. The molecule has 3 aromatic carbocycles. The van der Waals surface area contributed by atoms with E-state index in [-0.39, 0.29) is 5.82 Å². The number of nitrogens with one attached hydrogen (secondary N) is 1. The fourth-order valence-electron chi connectivity index (χ4n) is 4.37. The Kier molecular flexibility index (Phi) is 5.46. The Labute approximate surface area is 202 Å². The standard InChI is InChI=1S/C27H24FN7/c28-20-11-13-22(14-12-20)33-15-17-34(18-16-33)27-31-25(30-21-7-3-1-4-8-21)24-19-29-35(26(24)32-27)23-9-5-2-6-10-23/h1-14,19H,15-18H2,(H,30,31,32). The molecule has 1 saturated heterocycles. The molecule has 0 bridgehead atoms. The summed E-state index contributed by atoms with van der Waals surface area (Å²) in [4.78, 5) is 14.3. The summed E-state index contributed by atoms with van der Waals surface area (Å²) >= 11 is 0. The number of rotatable bonds is 5. The van der Waals surface area contributed by atoms with Crippen molar-refractivity contribution in [1.82, 2.24) is 19.7 Å². The lowest BCUT2D eigenvalue weighted by molar-refractivity contribution is 0.623. The Morgan fingerprint density at radius 2 is 1.34 bits per heavy atom. The number of hydrogen-bond donors (Lipinski definition) is 1. The highest BCUT2D eigenvalue weighted by molar-refractivity contribution is 5.90. The van der Waals surface area contributed by atoms with Crippen LogP contribution in [0.4, 0.5) is 27.5 Å². The van der Waals surface area contributed by atoms with Crippen LogP contribution in [0.25, 0.3) is 16.7 Å². The van der Waals surface area contributed by atoms with Gasteiger partial charge < -0.3 is 15.1 Å². The SMILES string of the molecule is Fc1ccc(N2CCN(c3nc(Nc4ccccc4)c4cnn(-c5ccccc5)c4n3)CC2)cc1. The normalized spacial score (nSPS) is 13.9. The lowest BCUT2D eigenvalue weighted by Crippen LogP contribution is -2.47. The molecule has 0 saturated carbocycles. The molecule has 8 heteroatoms. The molecular formula is C27H24FN7. The zero-order chi connectivity index (χ0) is 23.6. The number of nitrogens with zero attached hydrogens (tertiary/aromatic N) is 6. The van der Waals surface area contributed by atoms with Gasteiger partial charge in [-0.1, -0.05) is 36.4 Å². The second-order valence-corrected chi connectivity index (χ2v) is 8.44. The van der Waals surface area contributed by atoms with Crippen molar-refractivity contribution in [2.45, 2.75) is 0 Å². The smallest absolute Gasteiger partial charge is 0.229 e. The summed E-state index contributed by atoms with van der Waals surface area (Å²) in [5.74, 6) is 1.16. The van der Waals surface area contributed by atoms with Crippen LogP contribution < -0.4 is 15.1 Å². The maximum absolute atomic E-state index is 13.3. The Morgan fingerprint density at radius 3 is 2.06 bits per heavy atom. The molecule has 35 heavy (non-hydrogen) atoms. The molecule has 1 aliphatic heterocycles. The molecule has 3 heterocycles. The molecule has 174 valence electrons. The second-order valence-electron chi connectivity index (χ2n) is 8.44. The van der Waals surface area contributed by atoms with Crippen molar-refractivity contribution in [1.29, 1.82) is 0 Å². The lowest BCUT2D eigenvalue weighted by Gasteiger charge is -2.36. The van der Waals surface area contributed by atoms with E-state index in [2.05, 4.69) is 20.2 Å². The highest BCUT2D eigenvalue weighted by atomic mass is 19.1. The lowest BCUT2D eigenvalue weighted by atomic mass is 10.2. The van der Waals surface area contributed by atoms with Crippen molar-refractivity contribution in [3.8, 4) is 5.69 Å². The molecule has 1 aliphatic rings. The van der Waals surface area contributed by atoms with Crippen LogP contribution in [0, 0.1) is 5.82 Å². The molecule has 7 nitrogen and oxygen atoms in total. The minimum atomic E-state index is -0.220. The van der Waals surface area contributed by atoms with Crippen LogP contribution >= 0.6 is 0 Å². The van der Waals surface area contributed by atoms with Crippen LogP contribution in [0.3, 0.4) is 0 Å². The number of para-hydroxylation sites is 2. The number of aromatic nitrogens is 4. The van der Waals surface area contributed by atoms with Gasteiger partial charge in [0.25, 0.3) is 0 Å². The third-order valence-electron chi connectivity index (χ3n) is 6.21. The molecular weight excluding hydrogens is 441 g/mol. The molecule has 0 atom stereocenters. The van der Waals surface area contributed by atoms with E-state index in [0.717, 1.165) is 60.1 Å². The third-order valence-corrected chi connectivity index (χ3v) is 6.21. The number of halogens is 1. The second kappa shape index (κ2) is 9.06. The molecule has 6 rings (SSSR count). The van der Waals surface area contributed by atoms with Gasteiger partial charge in [-0.3, -0.25) is 0 Å². The highest BCUT2D eigenvalue weighted by Crippen LogP contribution is 2.29. The molecule has 0 amide bonds. The summed E-state index contributed by atoms with van der Waals surface area (Å²) in [6.45, 7) is 3.11. The van der Waals surface area contributed by atoms with Crippen molar-refractivity contribution in [2.75, 3.05) is 41.3 Å². The van der Waals surface area contributed by atoms with Crippen LogP contribution in [-0.2, 0) is 0 Å². The first-order chi connectivity index (χ1) is 17.2. The fraction of sp³-hybridized carbons (Fsp3) is 0.148. The predicted molar refractivity (Wildman–Crippen MR) is 137 cm³/mol. The topological polar surface area (TPSA) is 62.1 Å². The molecule has 1 N–H and O–H groups in total. The van der Waals surface area contributed by atoms with E-state index in [1.165, 1.54) is 12.1 Å². The van der Waals surface area contributed by atoms with Gasteiger partial charge in [-0.2, -0.15) is 15.1 Å². The van der Waals surface area contributed by atoms with Crippen molar-refractivity contribution < 1.29 is 4.39 Å². The number of anilines is 4. The number of fused-ring (bicyclic) bond motifs is 1. The van der Waals surface area contributed by atoms with Crippen LogP contribution in [0.1, 0.15) is 0 Å². The van der Waals surface area contributed by atoms with Crippen molar-refractivity contribution in [3.05, 3.63) is 96.9 Å². The van der Waals surface area contributed by atoms with E-state index in [1.807, 2.05) is 83.7 Å². The first-order valence-electron chi connectivity index (χ1n) is 11.6. The van der Waals surface area contributed by atoms with Crippen LogP contribution in [0.2, 0.25) is 0 Å². The van der Waals surface area contributed by atoms with Gasteiger partial charge in [0.05, 0.1) is 17.3 Å². The average Bonchev–Trinajstić information content (AvgIpc) is 3.35. The van der Waals surface area contributed by atoms with Gasteiger partial charge in [0.15, 0.2) is 5.65 Å². The Bertz CT molecular complexity index is 1430.